The van der Waals surface area contributed by atoms with E-state index in [0.29, 0.717) is 57.1 Å². The highest BCUT2D eigenvalue weighted by molar-refractivity contribution is 6.34. The molecule has 2 N–H and O–H groups in total. The quantitative estimate of drug-likeness (QED) is 0.428. The van der Waals surface area contributed by atoms with E-state index in [2.05, 4.69) is 10.4 Å². The van der Waals surface area contributed by atoms with Gasteiger partial charge in [0.2, 0.25) is 0 Å². The number of hydrazone groups is 1. The fraction of sp³-hybridized carbons (Fsp3) is 0.185. The maximum absolute atomic E-state index is 13.0. The standard InChI is InChI=1S/C27H22ClN3O5/c1-15-21(26(33)31(30-15)19-7-4-17(5-8-19)27(34)35)13-20-9-11-24(36-20)18-6-10-23(28)22(12-18)25(32)29-14-16-2-3-16/h4-13,16H,2-3,14H2,1H3,(H,29,32)(H,34,35). The first-order valence-corrected chi connectivity index (χ1v) is 11.8. The zero-order chi connectivity index (χ0) is 25.4. The van der Waals surface area contributed by atoms with Gasteiger partial charge in [-0.25, -0.2) is 4.79 Å². The van der Waals surface area contributed by atoms with Crippen LogP contribution in [-0.2, 0) is 4.79 Å². The van der Waals surface area contributed by atoms with Crippen LogP contribution in [-0.4, -0.2) is 35.1 Å². The maximum Gasteiger partial charge on any atom is 0.335 e. The Kier molecular flexibility index (Phi) is 6.20. The molecule has 1 fully saturated rings. The summed E-state index contributed by atoms with van der Waals surface area (Å²) in [5.41, 5.74) is 2.50. The van der Waals surface area contributed by atoms with Gasteiger partial charge in [0.05, 0.1) is 33.1 Å². The summed E-state index contributed by atoms with van der Waals surface area (Å²) in [5.74, 6) is -0.0921. The molecule has 2 amide bonds. The number of halogens is 1. The smallest absolute Gasteiger partial charge is 0.335 e. The van der Waals surface area contributed by atoms with Gasteiger partial charge >= 0.3 is 5.97 Å². The topological polar surface area (TPSA) is 112 Å². The van der Waals surface area contributed by atoms with Crippen molar-refractivity contribution in [1.82, 2.24) is 5.32 Å². The van der Waals surface area contributed by atoms with E-state index < -0.39 is 5.97 Å². The number of carboxylic acids is 1. The van der Waals surface area contributed by atoms with Crippen molar-refractivity contribution in [3.8, 4) is 11.3 Å². The molecule has 2 heterocycles. The van der Waals surface area contributed by atoms with E-state index in [9.17, 15) is 14.4 Å². The van der Waals surface area contributed by atoms with E-state index >= 15 is 0 Å². The Morgan fingerprint density at radius 1 is 1.17 bits per heavy atom. The molecule has 36 heavy (non-hydrogen) atoms. The number of carboxylic acid groups (broad SMARTS) is 1. The molecular weight excluding hydrogens is 482 g/mol. The zero-order valence-corrected chi connectivity index (χ0v) is 20.1. The average molecular weight is 504 g/mol. The fourth-order valence-electron chi connectivity index (χ4n) is 3.84. The third-order valence-corrected chi connectivity index (χ3v) is 6.41. The Balaban J connectivity index is 1.35. The van der Waals surface area contributed by atoms with Crippen LogP contribution in [0.4, 0.5) is 5.69 Å². The normalized spacial score (nSPS) is 16.4. The summed E-state index contributed by atoms with van der Waals surface area (Å²) in [4.78, 5) is 36.7. The van der Waals surface area contributed by atoms with E-state index in [-0.39, 0.29) is 17.4 Å². The van der Waals surface area contributed by atoms with Crippen LogP contribution >= 0.6 is 11.6 Å². The molecule has 0 spiro atoms. The van der Waals surface area contributed by atoms with Crippen LogP contribution in [0, 0.1) is 5.92 Å². The number of carbonyl (C=O) groups excluding carboxylic acids is 2. The van der Waals surface area contributed by atoms with Crippen LogP contribution < -0.4 is 10.3 Å². The van der Waals surface area contributed by atoms with Crippen LogP contribution in [0.15, 0.2) is 69.7 Å². The number of nitrogens with one attached hydrogen (secondary N) is 1. The van der Waals surface area contributed by atoms with Gasteiger partial charge in [-0.05, 0) is 86.4 Å². The van der Waals surface area contributed by atoms with E-state index in [4.69, 9.17) is 21.1 Å². The molecule has 2 aliphatic rings. The lowest BCUT2D eigenvalue weighted by Crippen LogP contribution is -2.25. The van der Waals surface area contributed by atoms with Crippen molar-refractivity contribution >= 4 is 46.9 Å². The number of rotatable bonds is 7. The number of hydrogen-bond acceptors (Lipinski definition) is 5. The minimum atomic E-state index is -1.05. The number of amides is 2. The second-order valence-electron chi connectivity index (χ2n) is 8.76. The van der Waals surface area contributed by atoms with Gasteiger partial charge in [-0.3, -0.25) is 9.59 Å². The second-order valence-corrected chi connectivity index (χ2v) is 9.17. The molecule has 9 heteroatoms. The van der Waals surface area contributed by atoms with E-state index in [0.717, 1.165) is 12.8 Å². The Labute approximate surface area is 211 Å². The Morgan fingerprint density at radius 2 is 1.92 bits per heavy atom. The lowest BCUT2D eigenvalue weighted by molar-refractivity contribution is -0.114. The molecule has 0 unspecified atom stereocenters. The van der Waals surface area contributed by atoms with Crippen molar-refractivity contribution in [3.63, 3.8) is 0 Å². The molecule has 0 bridgehead atoms. The zero-order valence-electron chi connectivity index (χ0n) is 19.3. The largest absolute Gasteiger partial charge is 0.478 e. The van der Waals surface area contributed by atoms with Gasteiger partial charge in [0, 0.05) is 12.1 Å². The summed E-state index contributed by atoms with van der Waals surface area (Å²) in [6.45, 7) is 2.36. The molecular formula is C27H22ClN3O5. The van der Waals surface area contributed by atoms with Crippen LogP contribution in [0.2, 0.25) is 5.02 Å². The van der Waals surface area contributed by atoms with Crippen molar-refractivity contribution in [2.75, 3.05) is 11.6 Å². The van der Waals surface area contributed by atoms with Gasteiger partial charge in [-0.2, -0.15) is 10.1 Å². The first-order chi connectivity index (χ1) is 17.3. The molecule has 3 aromatic rings. The van der Waals surface area contributed by atoms with E-state index in [1.807, 2.05) is 0 Å². The predicted octanol–water partition coefficient (Wildman–Crippen LogP) is 5.24. The first-order valence-electron chi connectivity index (χ1n) is 11.4. The molecule has 1 saturated carbocycles. The summed E-state index contributed by atoms with van der Waals surface area (Å²) < 4.78 is 5.95. The number of anilines is 1. The Bertz CT molecular complexity index is 1430. The summed E-state index contributed by atoms with van der Waals surface area (Å²) in [7, 11) is 0. The highest BCUT2D eigenvalue weighted by Gasteiger charge is 2.29. The van der Waals surface area contributed by atoms with Gasteiger partial charge < -0.3 is 14.8 Å². The van der Waals surface area contributed by atoms with Crippen LogP contribution in [0.25, 0.3) is 17.4 Å². The summed E-state index contributed by atoms with van der Waals surface area (Å²) >= 11 is 6.26. The minimum absolute atomic E-state index is 0.121. The van der Waals surface area contributed by atoms with Crippen molar-refractivity contribution in [3.05, 3.63) is 82.1 Å². The van der Waals surface area contributed by atoms with Gasteiger partial charge in [0.1, 0.15) is 11.5 Å². The average Bonchev–Trinajstić information content (AvgIpc) is 3.52. The first kappa shape index (κ1) is 23.6. The highest BCUT2D eigenvalue weighted by Crippen LogP contribution is 2.31. The Hall–Kier alpha value is -4.17. The minimum Gasteiger partial charge on any atom is -0.478 e. The Morgan fingerprint density at radius 3 is 2.61 bits per heavy atom. The third kappa shape index (κ3) is 4.81. The lowest BCUT2D eigenvalue weighted by Gasteiger charge is -2.11. The van der Waals surface area contributed by atoms with Crippen LogP contribution in [0.5, 0.6) is 0 Å². The van der Waals surface area contributed by atoms with E-state index in [1.54, 1.807) is 43.3 Å². The predicted molar refractivity (Wildman–Crippen MR) is 136 cm³/mol. The van der Waals surface area contributed by atoms with Crippen molar-refractivity contribution in [2.24, 2.45) is 11.0 Å². The number of furan rings is 1. The second kappa shape index (κ2) is 9.47. The molecule has 5 rings (SSSR count). The van der Waals surface area contributed by atoms with Crippen molar-refractivity contribution < 1.29 is 23.9 Å². The molecule has 1 aliphatic heterocycles. The van der Waals surface area contributed by atoms with Crippen LogP contribution in [0.3, 0.4) is 0 Å². The summed E-state index contributed by atoms with van der Waals surface area (Å²) in [5, 5.41) is 17.9. The molecule has 0 atom stereocenters. The number of nitrogens with zero attached hydrogens (tertiary/aromatic N) is 2. The molecule has 0 radical (unpaired) electrons. The van der Waals surface area contributed by atoms with E-state index in [1.165, 1.54) is 29.3 Å². The molecule has 8 nitrogen and oxygen atoms in total. The number of hydrogen-bond donors (Lipinski definition) is 2. The van der Waals surface area contributed by atoms with Crippen LogP contribution in [0.1, 0.15) is 46.2 Å². The number of aromatic carboxylic acids is 1. The molecule has 0 saturated heterocycles. The van der Waals surface area contributed by atoms with Gasteiger partial charge in [-0.15, -0.1) is 0 Å². The SMILES string of the molecule is CC1=NN(c2ccc(C(=O)O)cc2)C(=O)C1=Cc1ccc(-c2ccc(Cl)c(C(=O)NCC3CC3)c2)o1. The molecule has 1 aliphatic carbocycles. The highest BCUT2D eigenvalue weighted by atomic mass is 35.5. The third-order valence-electron chi connectivity index (χ3n) is 6.08. The van der Waals surface area contributed by atoms with Crippen molar-refractivity contribution in [2.45, 2.75) is 19.8 Å². The molecule has 2 aromatic carbocycles. The van der Waals surface area contributed by atoms with Gasteiger partial charge in [-0.1, -0.05) is 11.6 Å². The van der Waals surface area contributed by atoms with Gasteiger partial charge in [0.15, 0.2) is 0 Å². The lowest BCUT2D eigenvalue weighted by atomic mass is 10.1. The molecule has 1 aromatic heterocycles. The summed E-state index contributed by atoms with van der Waals surface area (Å²) in [6.07, 6.45) is 3.88. The van der Waals surface area contributed by atoms with Crippen molar-refractivity contribution in [1.29, 1.82) is 0 Å². The number of benzene rings is 2. The van der Waals surface area contributed by atoms with Gasteiger partial charge in [0.25, 0.3) is 11.8 Å². The summed E-state index contributed by atoms with van der Waals surface area (Å²) in [6, 6.07) is 14.5. The molecule has 182 valence electrons. The monoisotopic (exact) mass is 503 g/mol. The number of carbonyl (C=O) groups is 3. The maximum atomic E-state index is 13.0. The fourth-order valence-corrected chi connectivity index (χ4v) is 4.04.